The van der Waals surface area contributed by atoms with Gasteiger partial charge in [0.1, 0.15) is 0 Å². The number of nitriles is 1. The van der Waals surface area contributed by atoms with Crippen molar-refractivity contribution in [3.05, 3.63) is 35.4 Å². The second-order valence-electron chi connectivity index (χ2n) is 5.99. The summed E-state index contributed by atoms with van der Waals surface area (Å²) in [4.78, 5) is 14.5. The zero-order chi connectivity index (χ0) is 15.9. The molecule has 0 saturated heterocycles. The monoisotopic (exact) mass is 288 g/mol. The first kappa shape index (κ1) is 17.2. The maximum atomic E-state index is 12.8. The summed E-state index contributed by atoms with van der Waals surface area (Å²) in [6.45, 7) is 7.66. The lowest BCUT2D eigenvalue weighted by molar-refractivity contribution is 0.0697. The number of carbonyl (C=O) groups is 1. The van der Waals surface area contributed by atoms with Gasteiger partial charge in [-0.3, -0.25) is 4.79 Å². The molecule has 0 unspecified atom stereocenters. The van der Waals surface area contributed by atoms with Crippen LogP contribution < -0.4 is 0 Å². The third-order valence-electron chi connectivity index (χ3n) is 3.31. The molecule has 0 atom stereocenters. The average Bonchev–Trinajstić information content (AvgIpc) is 2.46. The number of hydrogen-bond donors (Lipinski definition) is 0. The van der Waals surface area contributed by atoms with Crippen LogP contribution in [0.5, 0.6) is 0 Å². The molecule has 0 heterocycles. The van der Waals surface area contributed by atoms with E-state index >= 15 is 0 Å². The molecule has 0 saturated carbocycles. The fraction of sp³-hybridized carbons (Fsp3) is 0.529. The van der Waals surface area contributed by atoms with Crippen LogP contribution in [0.4, 0.5) is 0 Å². The van der Waals surface area contributed by atoms with Crippen LogP contribution >= 0.6 is 0 Å². The minimum Gasteiger partial charge on any atom is -0.383 e. The van der Waals surface area contributed by atoms with Gasteiger partial charge >= 0.3 is 0 Å². The highest BCUT2D eigenvalue weighted by Crippen LogP contribution is 2.26. The van der Waals surface area contributed by atoms with Crippen LogP contribution in [0.2, 0.25) is 0 Å². The van der Waals surface area contributed by atoms with E-state index in [9.17, 15) is 4.79 Å². The summed E-state index contributed by atoms with van der Waals surface area (Å²) in [6, 6.07) is 9.77. The van der Waals surface area contributed by atoms with Crippen LogP contribution in [0.1, 0.15) is 43.1 Å². The lowest BCUT2D eigenvalue weighted by atomic mass is 9.83. The highest BCUT2D eigenvalue weighted by atomic mass is 16.5. The Labute approximate surface area is 127 Å². The van der Waals surface area contributed by atoms with Crippen molar-refractivity contribution < 1.29 is 9.53 Å². The van der Waals surface area contributed by atoms with Crippen molar-refractivity contribution in [2.24, 2.45) is 0 Å². The van der Waals surface area contributed by atoms with Crippen LogP contribution in [-0.2, 0) is 10.2 Å². The Morgan fingerprint density at radius 2 is 1.95 bits per heavy atom. The largest absolute Gasteiger partial charge is 0.383 e. The summed E-state index contributed by atoms with van der Waals surface area (Å²) in [5.74, 6) is -0.0344. The Hall–Kier alpha value is -1.86. The van der Waals surface area contributed by atoms with E-state index < -0.39 is 0 Å². The molecule has 1 aromatic carbocycles. The van der Waals surface area contributed by atoms with Crippen molar-refractivity contribution in [1.29, 1.82) is 5.26 Å². The predicted molar refractivity (Wildman–Crippen MR) is 83.2 cm³/mol. The van der Waals surface area contributed by atoms with E-state index in [1.807, 2.05) is 24.3 Å². The normalized spacial score (nSPS) is 11.0. The van der Waals surface area contributed by atoms with E-state index in [-0.39, 0.29) is 11.3 Å². The maximum absolute atomic E-state index is 12.8. The first-order valence-corrected chi connectivity index (χ1v) is 7.16. The zero-order valence-electron chi connectivity index (χ0n) is 13.3. The molecule has 114 valence electrons. The first-order valence-electron chi connectivity index (χ1n) is 7.16. The van der Waals surface area contributed by atoms with E-state index in [0.717, 1.165) is 5.56 Å². The minimum atomic E-state index is -0.103. The van der Waals surface area contributed by atoms with Gasteiger partial charge in [0, 0.05) is 25.8 Å². The zero-order valence-corrected chi connectivity index (χ0v) is 13.3. The molecule has 0 aromatic heterocycles. The molecule has 1 aromatic rings. The Bertz CT molecular complexity index is 512. The Morgan fingerprint density at radius 3 is 2.52 bits per heavy atom. The van der Waals surface area contributed by atoms with Crippen LogP contribution in [0.15, 0.2) is 24.3 Å². The van der Waals surface area contributed by atoms with Crippen molar-refractivity contribution in [3.63, 3.8) is 0 Å². The predicted octanol–water partition coefficient (Wildman–Crippen LogP) is 2.99. The van der Waals surface area contributed by atoms with Gasteiger partial charge < -0.3 is 9.64 Å². The molecular weight excluding hydrogens is 264 g/mol. The first-order chi connectivity index (χ1) is 9.91. The third kappa shape index (κ3) is 4.87. The van der Waals surface area contributed by atoms with Crippen LogP contribution in [0.3, 0.4) is 0 Å². The molecule has 0 N–H and O–H groups in total. The summed E-state index contributed by atoms with van der Waals surface area (Å²) in [7, 11) is 1.61. The van der Waals surface area contributed by atoms with Gasteiger partial charge in [-0.2, -0.15) is 5.26 Å². The van der Waals surface area contributed by atoms with Crippen molar-refractivity contribution in [3.8, 4) is 6.07 Å². The number of ether oxygens (including phenoxy) is 1. The van der Waals surface area contributed by atoms with Gasteiger partial charge in [-0.05, 0) is 17.0 Å². The second-order valence-corrected chi connectivity index (χ2v) is 5.99. The van der Waals surface area contributed by atoms with Crippen molar-refractivity contribution >= 4 is 5.91 Å². The second kappa shape index (κ2) is 7.80. The maximum Gasteiger partial charge on any atom is 0.254 e. The summed E-state index contributed by atoms with van der Waals surface area (Å²) in [5.41, 5.74) is 1.63. The fourth-order valence-corrected chi connectivity index (χ4v) is 2.20. The summed E-state index contributed by atoms with van der Waals surface area (Å²) >= 11 is 0. The Kier molecular flexibility index (Phi) is 6.39. The molecule has 0 aliphatic heterocycles. The fourth-order valence-electron chi connectivity index (χ4n) is 2.20. The van der Waals surface area contributed by atoms with Crippen molar-refractivity contribution in [2.45, 2.75) is 32.6 Å². The lowest BCUT2D eigenvalue weighted by Gasteiger charge is -2.26. The lowest BCUT2D eigenvalue weighted by Crippen LogP contribution is -2.36. The molecular formula is C17H24N2O2. The van der Waals surface area contributed by atoms with E-state index in [4.69, 9.17) is 10.00 Å². The number of carbonyl (C=O) groups excluding carboxylic acids is 1. The highest BCUT2D eigenvalue weighted by Gasteiger charge is 2.24. The van der Waals surface area contributed by atoms with E-state index in [0.29, 0.717) is 31.7 Å². The third-order valence-corrected chi connectivity index (χ3v) is 3.31. The molecule has 0 aliphatic rings. The van der Waals surface area contributed by atoms with Gasteiger partial charge in [0.2, 0.25) is 0 Å². The molecule has 0 spiro atoms. The van der Waals surface area contributed by atoms with Gasteiger partial charge in [0.25, 0.3) is 5.91 Å². The molecule has 0 radical (unpaired) electrons. The number of nitrogens with zero attached hydrogens (tertiary/aromatic N) is 2. The Balaban J connectivity index is 3.06. The van der Waals surface area contributed by atoms with E-state index in [2.05, 4.69) is 26.8 Å². The number of hydrogen-bond acceptors (Lipinski definition) is 3. The van der Waals surface area contributed by atoms with Gasteiger partial charge in [-0.1, -0.05) is 39.0 Å². The van der Waals surface area contributed by atoms with E-state index in [1.165, 1.54) is 0 Å². The number of rotatable bonds is 6. The summed E-state index contributed by atoms with van der Waals surface area (Å²) in [5, 5.41) is 8.76. The highest BCUT2D eigenvalue weighted by molar-refractivity contribution is 5.96. The number of benzene rings is 1. The van der Waals surface area contributed by atoms with Crippen molar-refractivity contribution in [1.82, 2.24) is 4.90 Å². The number of amides is 1. The van der Waals surface area contributed by atoms with Crippen LogP contribution in [0, 0.1) is 11.3 Å². The Morgan fingerprint density at radius 1 is 1.29 bits per heavy atom. The van der Waals surface area contributed by atoms with Gasteiger partial charge in [0.05, 0.1) is 19.1 Å². The molecule has 1 rings (SSSR count). The van der Waals surface area contributed by atoms with Gasteiger partial charge in [-0.15, -0.1) is 0 Å². The summed E-state index contributed by atoms with van der Waals surface area (Å²) in [6.07, 6.45) is 0.327. The van der Waals surface area contributed by atoms with Crippen LogP contribution in [0.25, 0.3) is 0 Å². The smallest absolute Gasteiger partial charge is 0.254 e. The van der Waals surface area contributed by atoms with Crippen LogP contribution in [-0.4, -0.2) is 37.6 Å². The SMILES string of the molecule is COCCN(CCC#N)C(=O)c1ccccc1C(C)(C)C. The van der Waals surface area contributed by atoms with E-state index in [1.54, 1.807) is 12.0 Å². The molecule has 0 aliphatic carbocycles. The molecule has 4 heteroatoms. The topological polar surface area (TPSA) is 53.3 Å². The molecule has 0 fully saturated rings. The molecule has 21 heavy (non-hydrogen) atoms. The van der Waals surface area contributed by atoms with Gasteiger partial charge in [0.15, 0.2) is 0 Å². The molecule has 0 bridgehead atoms. The standard InChI is InChI=1S/C17H24N2O2/c1-17(2,3)15-9-6-5-8-14(15)16(20)19(11-7-10-18)12-13-21-4/h5-6,8-9H,7,11-13H2,1-4H3. The summed E-state index contributed by atoms with van der Waals surface area (Å²) < 4.78 is 5.06. The average molecular weight is 288 g/mol. The van der Waals surface area contributed by atoms with Gasteiger partial charge in [-0.25, -0.2) is 0 Å². The van der Waals surface area contributed by atoms with Crippen molar-refractivity contribution in [2.75, 3.05) is 26.8 Å². The molecule has 1 amide bonds. The quantitative estimate of drug-likeness (QED) is 0.808. The number of methoxy groups -OCH3 is 1. The minimum absolute atomic E-state index is 0.0344. The molecule has 4 nitrogen and oxygen atoms in total.